The Hall–Kier alpha value is -13.3. The van der Waals surface area contributed by atoms with Crippen LogP contribution >= 0.6 is 0 Å². The highest BCUT2D eigenvalue weighted by Crippen LogP contribution is 2.52. The van der Waals surface area contributed by atoms with Gasteiger partial charge in [0.15, 0.2) is 17.1 Å². The summed E-state index contributed by atoms with van der Waals surface area (Å²) in [6.45, 7) is 51.1. The number of anilines is 5. The van der Waals surface area contributed by atoms with Gasteiger partial charge in [0, 0.05) is 53.3 Å². The fourth-order valence-corrected chi connectivity index (χ4v) is 14.2. The predicted molar refractivity (Wildman–Crippen MR) is 475 cm³/mol. The largest absolute Gasteiger partial charge is 0.390 e. The molecule has 0 bridgehead atoms. The summed E-state index contributed by atoms with van der Waals surface area (Å²) in [5, 5.41) is 24.4. The quantitative estimate of drug-likeness (QED) is 0.0440. The van der Waals surface area contributed by atoms with E-state index in [0.717, 1.165) is 41.3 Å². The van der Waals surface area contributed by atoms with Crippen molar-refractivity contribution in [3.8, 4) is 17.1 Å². The topological polar surface area (TPSA) is 268 Å². The van der Waals surface area contributed by atoms with Gasteiger partial charge in [0.1, 0.15) is 17.5 Å². The number of halogens is 3. The summed E-state index contributed by atoms with van der Waals surface area (Å²) in [6.07, 6.45) is 8.29. The van der Waals surface area contributed by atoms with Crippen molar-refractivity contribution in [3.63, 3.8) is 0 Å². The first-order valence-corrected chi connectivity index (χ1v) is 41.1. The van der Waals surface area contributed by atoms with E-state index in [4.69, 9.17) is 19.7 Å². The molecular formula is C95H103F3N18O6. The Bertz CT molecular complexity index is 6050. The molecule has 0 spiro atoms. The average Bonchev–Trinajstić information content (AvgIpc) is 1.62. The molecule has 1 unspecified atom stereocenters. The normalized spacial score (nSPS) is 14.7. The van der Waals surface area contributed by atoms with Crippen LogP contribution in [0.5, 0.6) is 0 Å². The molecule has 5 aromatic heterocycles. The number of imidazole rings is 5. The van der Waals surface area contributed by atoms with Crippen molar-refractivity contribution in [1.29, 1.82) is 0 Å². The van der Waals surface area contributed by atoms with Crippen molar-refractivity contribution < 1.29 is 42.3 Å². The van der Waals surface area contributed by atoms with Gasteiger partial charge in [0.2, 0.25) is 59.3 Å². The molecule has 3 saturated carbocycles. The molecule has 3 atom stereocenters. The summed E-state index contributed by atoms with van der Waals surface area (Å²) < 4.78 is 49.6. The van der Waals surface area contributed by atoms with Gasteiger partial charge in [-0.3, -0.25) is 64.3 Å². The molecule has 16 rings (SSSR count). The molecule has 27 heteroatoms. The van der Waals surface area contributed by atoms with Gasteiger partial charge in [0.25, 0.3) is 0 Å². The van der Waals surface area contributed by atoms with E-state index in [9.17, 15) is 42.3 Å². The van der Waals surface area contributed by atoms with Gasteiger partial charge in [-0.1, -0.05) is 106 Å². The van der Waals surface area contributed by atoms with Crippen molar-refractivity contribution in [2.45, 2.75) is 179 Å². The number of hydrogen-bond donors (Lipinski definition) is 6. The summed E-state index contributed by atoms with van der Waals surface area (Å²) in [4.78, 5) is 95.1. The maximum Gasteiger partial charge on any atom is 0.230 e. The Morgan fingerprint density at radius 1 is 0.443 bits per heavy atom. The summed E-state index contributed by atoms with van der Waals surface area (Å²) in [7, 11) is 0. The number of aryl methyl sites for hydroxylation is 2. The molecule has 3 fully saturated rings. The highest BCUT2D eigenvalue weighted by atomic mass is 19.1. The molecule has 3 aliphatic carbocycles. The Morgan fingerprint density at radius 2 is 0.746 bits per heavy atom. The summed E-state index contributed by atoms with van der Waals surface area (Å²) in [5.41, 5.74) is 12.7. The summed E-state index contributed by atoms with van der Waals surface area (Å²) in [6, 6.07) is 46.5. The van der Waals surface area contributed by atoms with Crippen LogP contribution < -0.4 is 26.6 Å². The van der Waals surface area contributed by atoms with Gasteiger partial charge < -0.3 is 14.2 Å². The lowest BCUT2D eigenvalue weighted by molar-refractivity contribution is -0.121. The Morgan fingerprint density at radius 3 is 1.07 bits per heavy atom. The van der Waals surface area contributed by atoms with Crippen LogP contribution in [-0.4, -0.2) is 88.0 Å². The molecule has 0 radical (unpaired) electrons. The first-order valence-electron chi connectivity index (χ1n) is 41.1. The maximum atomic E-state index is 13.3. The zero-order chi connectivity index (χ0) is 88.0. The molecule has 3 aliphatic rings. The van der Waals surface area contributed by atoms with Crippen LogP contribution in [0.4, 0.5) is 60.0 Å². The number of benzene rings is 8. The van der Waals surface area contributed by atoms with E-state index in [1.54, 1.807) is 119 Å². The van der Waals surface area contributed by atoms with E-state index >= 15 is 0 Å². The van der Waals surface area contributed by atoms with Gasteiger partial charge in [-0.15, -0.1) is 0 Å². The van der Waals surface area contributed by atoms with Gasteiger partial charge in [0.05, 0.1) is 86.9 Å². The summed E-state index contributed by atoms with van der Waals surface area (Å²) >= 11 is 0. The highest BCUT2D eigenvalue weighted by molar-refractivity contribution is 5.99. The number of carbonyl (C=O) groups is 5. The lowest BCUT2D eigenvalue weighted by atomic mass is 9.92. The molecule has 8 aromatic carbocycles. The highest BCUT2D eigenvalue weighted by Gasteiger charge is 2.51. The van der Waals surface area contributed by atoms with E-state index in [2.05, 4.69) is 135 Å². The van der Waals surface area contributed by atoms with E-state index < -0.39 is 5.60 Å². The second-order valence-corrected chi connectivity index (χ2v) is 35.0. The minimum Gasteiger partial charge on any atom is -0.390 e. The number of amides is 5. The van der Waals surface area contributed by atoms with Crippen molar-refractivity contribution in [2.75, 3.05) is 26.6 Å². The van der Waals surface area contributed by atoms with Crippen molar-refractivity contribution in [1.82, 2.24) is 47.8 Å². The van der Waals surface area contributed by atoms with Gasteiger partial charge in [-0.2, -0.15) is 0 Å². The minimum absolute atomic E-state index is 0.00801. The third kappa shape index (κ3) is 20.9. The second-order valence-electron chi connectivity index (χ2n) is 35.0. The monoisotopic (exact) mass is 1650 g/mol. The standard InChI is InChI=1S/C20H17FN4O.2C20H19FN4O.C18H25N3O.C17H23N3O2/c1-20(2)11-15(20)18(26)24-19-23-16-9-6-13(22-3)10-17(16)25(19)14-7-4-12(21)5-8-14;1-20(2,3)12-18(26)24-19-23-16-10-7-14(22-4)11-17(16)25(19)15-8-5-13(21)6-9-15;1-12(2)13(3)19(26)24-20-23-17-10-7-15(22-4)11-18(17)25(20)16-8-5-14(21)6-9-16;1-11(2)13(4)17(22)20-18-19-15-9-8-12(3)10-16(15)21(18)14-6-5-7-14;1-11-7-8-13-14(9-11)20(12-5-4-6-12)16(18-13)19-15(21)10-17(2,3)22/h4-10,15H,11H2,1-2H3,(H,23,24,26);5-11H,12H2,1-3H3,(H,23,24,26);5-13H,1-3H3,(H,23,24,26);8-11,13-14H,5-7H2,1-4H3,(H,19,20,22);7-9,12,22H,4-6,10H2,1-3H3,(H,18,19,21)/t;;2*13-;/m..00./s1. The lowest BCUT2D eigenvalue weighted by Gasteiger charge is -2.29. The van der Waals surface area contributed by atoms with Crippen LogP contribution in [0.15, 0.2) is 164 Å². The number of aromatic nitrogens is 10. The van der Waals surface area contributed by atoms with Crippen molar-refractivity contribution in [2.24, 2.45) is 40.4 Å². The number of aliphatic hydroxyl groups is 1. The molecule has 24 nitrogen and oxygen atoms in total. The van der Waals surface area contributed by atoms with Crippen LogP contribution in [0.1, 0.15) is 171 Å². The zero-order valence-corrected chi connectivity index (χ0v) is 71.4. The van der Waals surface area contributed by atoms with Crippen LogP contribution in [0, 0.1) is 91.4 Å². The summed E-state index contributed by atoms with van der Waals surface area (Å²) in [5.74, 6) is 1.11. The van der Waals surface area contributed by atoms with Gasteiger partial charge in [-0.05, 0) is 240 Å². The van der Waals surface area contributed by atoms with Crippen molar-refractivity contribution in [3.05, 3.63) is 227 Å². The molecule has 13 aromatic rings. The fourth-order valence-electron chi connectivity index (χ4n) is 14.2. The number of rotatable bonds is 18. The first-order chi connectivity index (χ1) is 57.9. The van der Waals surface area contributed by atoms with Crippen LogP contribution in [-0.2, 0) is 24.0 Å². The SMILES string of the molecule is Cc1ccc2nc(NC(=O)CC(C)(C)O)n(C3CCC3)c2c1.Cc1ccc2nc(NC(=O)[C@@H](C)C(C)C)n(C3CCC3)c2c1.[C-]#[N+]c1ccc2nc(NC(=O)C3CC3(C)C)n(-c3ccc(F)cc3)c2c1.[C-]#[N+]c1ccc2nc(NC(=O)CC(C)(C)C)n(-c3ccc(F)cc3)c2c1.[C-]#[N+]c1ccc2nc(NC(=O)[C@@H](C)C(C)C)n(-c3ccc(F)cc3)c2c1. The maximum absolute atomic E-state index is 13.3. The molecule has 630 valence electrons. The minimum atomic E-state index is -1.02. The molecule has 122 heavy (non-hydrogen) atoms. The Labute approximate surface area is 707 Å². The molecule has 6 N–H and O–H groups in total. The van der Waals surface area contributed by atoms with Crippen LogP contribution in [0.25, 0.3) is 86.8 Å². The number of nitrogens with one attached hydrogen (secondary N) is 5. The molecule has 5 heterocycles. The number of hydrogen-bond acceptors (Lipinski definition) is 11. The van der Waals surface area contributed by atoms with E-state index in [-0.39, 0.29) is 87.9 Å². The second kappa shape index (κ2) is 36.7. The third-order valence-corrected chi connectivity index (χ3v) is 22.3. The molecule has 5 amide bonds. The Balaban J connectivity index is 0.000000140. The van der Waals surface area contributed by atoms with E-state index in [1.807, 2.05) is 66.7 Å². The molecule has 0 saturated heterocycles. The number of carbonyl (C=O) groups excluding carboxylic acids is 5. The smallest absolute Gasteiger partial charge is 0.230 e. The van der Waals surface area contributed by atoms with Crippen LogP contribution in [0.2, 0.25) is 0 Å². The average molecular weight is 1650 g/mol. The fraction of sp³-hybridized carbons (Fsp3) is 0.358. The number of nitrogens with zero attached hydrogens (tertiary/aromatic N) is 13. The van der Waals surface area contributed by atoms with Crippen LogP contribution in [0.3, 0.4) is 0 Å². The zero-order valence-electron chi connectivity index (χ0n) is 71.4. The van der Waals surface area contributed by atoms with Gasteiger partial charge >= 0.3 is 0 Å². The van der Waals surface area contributed by atoms with E-state index in [0.29, 0.717) is 121 Å². The van der Waals surface area contributed by atoms with E-state index in [1.165, 1.54) is 73.2 Å². The lowest BCUT2D eigenvalue weighted by Crippen LogP contribution is -2.29. The number of fused-ring (bicyclic) bond motifs is 5. The molecule has 0 aliphatic heterocycles. The van der Waals surface area contributed by atoms with Crippen molar-refractivity contribution >= 4 is 132 Å². The third-order valence-electron chi connectivity index (χ3n) is 22.3. The molecular weight excluding hydrogens is 1550 g/mol. The Kier molecular flexibility index (Phi) is 26.5. The first kappa shape index (κ1) is 88.0. The van der Waals surface area contributed by atoms with Gasteiger partial charge in [-0.25, -0.2) is 52.6 Å². The predicted octanol–water partition coefficient (Wildman–Crippen LogP) is 22.2.